The van der Waals surface area contributed by atoms with Crippen molar-refractivity contribution in [1.29, 1.82) is 0 Å². The first-order chi connectivity index (χ1) is 15.9. The maximum Gasteiger partial charge on any atom is 0.258 e. The number of carbonyl (C=O) groups excluding carboxylic acids is 1. The van der Waals surface area contributed by atoms with Gasteiger partial charge < -0.3 is 20.1 Å². The Kier molecular flexibility index (Phi) is 7.24. The van der Waals surface area contributed by atoms with Crippen LogP contribution in [0.1, 0.15) is 46.1 Å². The zero-order valence-electron chi connectivity index (χ0n) is 20.2. The van der Waals surface area contributed by atoms with E-state index in [4.69, 9.17) is 0 Å². The van der Waals surface area contributed by atoms with E-state index >= 15 is 0 Å². The van der Waals surface area contributed by atoms with Crippen molar-refractivity contribution < 1.29 is 19.4 Å². The lowest BCUT2D eigenvalue weighted by Crippen LogP contribution is -2.31. The fourth-order valence-electron chi connectivity index (χ4n) is 4.03. The van der Waals surface area contributed by atoms with Gasteiger partial charge in [0.15, 0.2) is 5.79 Å². The summed E-state index contributed by atoms with van der Waals surface area (Å²) in [5.74, 6) is -2.79. The van der Waals surface area contributed by atoms with Crippen LogP contribution in [0.3, 0.4) is 0 Å². The van der Waals surface area contributed by atoms with Crippen molar-refractivity contribution >= 4 is 28.2 Å². The number of halogens is 1. The van der Waals surface area contributed by atoms with E-state index in [1.165, 1.54) is 4.57 Å². The molecule has 1 fully saturated rings. The normalized spacial score (nSPS) is 19.0. The van der Waals surface area contributed by atoms with Crippen molar-refractivity contribution in [2.24, 2.45) is 18.9 Å². The third-order valence-electron chi connectivity index (χ3n) is 6.01. The molecule has 2 unspecified atom stereocenters. The molecule has 7 nitrogen and oxygen atoms in total. The third-order valence-corrected chi connectivity index (χ3v) is 6.01. The Balaban J connectivity index is 1.95. The maximum absolute atomic E-state index is 13.2. The molecule has 0 aliphatic heterocycles. The number of allylic oxidation sites excluding steroid dienone is 3. The summed E-state index contributed by atoms with van der Waals surface area (Å²) in [7, 11) is 1.62. The molecule has 34 heavy (non-hydrogen) atoms. The lowest BCUT2D eigenvalue weighted by molar-refractivity contribution is -0.136. The summed E-state index contributed by atoms with van der Waals surface area (Å²) in [5.41, 5.74) is 2.14. The number of rotatable bonds is 8. The average molecular weight is 470 g/mol. The molecule has 1 amide bonds. The summed E-state index contributed by atoms with van der Waals surface area (Å²) >= 11 is 0. The van der Waals surface area contributed by atoms with Crippen LogP contribution in [-0.2, 0) is 11.8 Å². The largest absolute Gasteiger partial charge is 0.362 e. The number of carbonyl (C=O) groups is 1. The Morgan fingerprint density at radius 1 is 1.41 bits per heavy atom. The second kappa shape index (κ2) is 9.64. The highest BCUT2D eigenvalue weighted by Crippen LogP contribution is 2.35. The van der Waals surface area contributed by atoms with Gasteiger partial charge in [-0.25, -0.2) is 9.37 Å². The standard InChI is InChI=1S/C26H32FN3O4/c1-7-18(15(4)8-16(5)26(33,34)12-14(2)3)19-9-17-13-28-23(11-22(17)30(6)25(19)32)29-24(31)20-10-21(20)27/h7-9,11,13-14,20-21,33-34H,5,10,12H2,1-4,6H3,(H,28,29,31)/b15-8-,18-7+. The van der Waals surface area contributed by atoms with Gasteiger partial charge in [0.1, 0.15) is 12.0 Å². The molecule has 3 N–H and O–H groups in total. The van der Waals surface area contributed by atoms with Gasteiger partial charge in [-0.1, -0.05) is 32.6 Å². The molecule has 1 aliphatic carbocycles. The van der Waals surface area contributed by atoms with E-state index in [0.717, 1.165) is 0 Å². The van der Waals surface area contributed by atoms with Crippen molar-refractivity contribution in [1.82, 2.24) is 9.55 Å². The van der Waals surface area contributed by atoms with Crippen LogP contribution in [-0.4, -0.2) is 37.6 Å². The van der Waals surface area contributed by atoms with E-state index in [0.29, 0.717) is 27.6 Å². The number of hydrogen-bond acceptors (Lipinski definition) is 5. The monoisotopic (exact) mass is 469 g/mol. The molecule has 8 heteroatoms. The summed E-state index contributed by atoms with van der Waals surface area (Å²) in [6, 6.07) is 3.30. The summed E-state index contributed by atoms with van der Waals surface area (Å²) < 4.78 is 14.6. The van der Waals surface area contributed by atoms with Gasteiger partial charge >= 0.3 is 0 Å². The van der Waals surface area contributed by atoms with E-state index in [2.05, 4.69) is 16.9 Å². The molecule has 2 aromatic heterocycles. The van der Waals surface area contributed by atoms with E-state index in [-0.39, 0.29) is 35.7 Å². The Hall–Kier alpha value is -3.10. The van der Waals surface area contributed by atoms with Gasteiger partial charge in [-0.3, -0.25) is 9.59 Å². The highest BCUT2D eigenvalue weighted by Gasteiger charge is 2.43. The SMILES string of the molecule is C=C(/C=C(C)\C(=C/C)c1cc2cnc(NC(=O)C3CC3F)cc2n(C)c1=O)C(O)(O)CC(C)C. The minimum absolute atomic E-state index is 0.0549. The zero-order chi connectivity index (χ0) is 25.4. The van der Waals surface area contributed by atoms with Gasteiger partial charge in [-0.05, 0) is 43.4 Å². The number of hydrogen-bond donors (Lipinski definition) is 3. The zero-order valence-corrected chi connectivity index (χ0v) is 20.2. The number of amides is 1. The lowest BCUT2D eigenvalue weighted by Gasteiger charge is -2.25. The fourth-order valence-corrected chi connectivity index (χ4v) is 4.03. The molecule has 0 radical (unpaired) electrons. The molecule has 2 heterocycles. The summed E-state index contributed by atoms with van der Waals surface area (Å²) in [5, 5.41) is 24.0. The fraction of sp³-hybridized carbons (Fsp3) is 0.423. The summed E-state index contributed by atoms with van der Waals surface area (Å²) in [4.78, 5) is 29.5. The summed E-state index contributed by atoms with van der Waals surface area (Å²) in [6.07, 6.45) is 4.16. The quantitative estimate of drug-likeness (QED) is 0.402. The lowest BCUT2D eigenvalue weighted by atomic mass is 9.92. The van der Waals surface area contributed by atoms with Gasteiger partial charge in [-0.2, -0.15) is 0 Å². The number of fused-ring (bicyclic) bond motifs is 1. The van der Waals surface area contributed by atoms with Crippen LogP contribution in [0.15, 0.2) is 53.0 Å². The van der Waals surface area contributed by atoms with Crippen LogP contribution >= 0.6 is 0 Å². The molecule has 0 saturated heterocycles. The predicted molar refractivity (Wildman–Crippen MR) is 132 cm³/mol. The van der Waals surface area contributed by atoms with Crippen LogP contribution in [0.25, 0.3) is 16.5 Å². The van der Waals surface area contributed by atoms with Crippen LogP contribution in [0, 0.1) is 11.8 Å². The molecule has 0 spiro atoms. The highest BCUT2D eigenvalue weighted by atomic mass is 19.1. The van der Waals surface area contributed by atoms with Crippen molar-refractivity contribution in [3.8, 4) is 0 Å². The maximum atomic E-state index is 13.2. The van der Waals surface area contributed by atoms with Gasteiger partial charge in [0.25, 0.3) is 5.56 Å². The number of alkyl halides is 1. The van der Waals surface area contributed by atoms with E-state index in [1.54, 1.807) is 51.4 Å². The van der Waals surface area contributed by atoms with Gasteiger partial charge in [0.05, 0.1) is 11.4 Å². The van der Waals surface area contributed by atoms with Crippen molar-refractivity contribution in [3.63, 3.8) is 0 Å². The highest BCUT2D eigenvalue weighted by molar-refractivity contribution is 5.96. The number of aryl methyl sites for hydroxylation is 1. The van der Waals surface area contributed by atoms with Crippen LogP contribution < -0.4 is 10.9 Å². The molecule has 1 aliphatic rings. The molecular weight excluding hydrogens is 437 g/mol. The molecule has 0 bridgehead atoms. The first kappa shape index (κ1) is 25.5. The molecular formula is C26H32FN3O4. The van der Waals surface area contributed by atoms with Crippen molar-refractivity contribution in [2.75, 3.05) is 5.32 Å². The predicted octanol–water partition coefficient (Wildman–Crippen LogP) is 3.86. The molecule has 2 atom stereocenters. The van der Waals surface area contributed by atoms with Crippen LogP contribution in [0.4, 0.5) is 10.2 Å². The number of nitrogens with one attached hydrogen (secondary N) is 1. The Bertz CT molecular complexity index is 1260. The topological polar surface area (TPSA) is 104 Å². The van der Waals surface area contributed by atoms with Gasteiger partial charge in [-0.15, -0.1) is 0 Å². The molecule has 1 saturated carbocycles. The molecule has 2 aromatic rings. The van der Waals surface area contributed by atoms with E-state index < -0.39 is 23.8 Å². The van der Waals surface area contributed by atoms with E-state index in [1.807, 2.05) is 13.8 Å². The van der Waals surface area contributed by atoms with Crippen LogP contribution in [0.5, 0.6) is 0 Å². The second-order valence-electron chi connectivity index (χ2n) is 9.37. The summed E-state index contributed by atoms with van der Waals surface area (Å²) in [6.45, 7) is 11.2. The number of anilines is 1. The Labute approximate surface area is 198 Å². The molecule has 3 rings (SSSR count). The van der Waals surface area contributed by atoms with Crippen molar-refractivity contribution in [3.05, 3.63) is 64.1 Å². The number of pyridine rings is 2. The number of nitrogens with zero attached hydrogens (tertiary/aromatic N) is 2. The third kappa shape index (κ3) is 5.34. The minimum Gasteiger partial charge on any atom is -0.362 e. The molecule has 0 aromatic carbocycles. The number of aromatic nitrogens is 2. The average Bonchev–Trinajstić information content (AvgIpc) is 3.48. The van der Waals surface area contributed by atoms with Gasteiger partial charge in [0, 0.05) is 42.3 Å². The number of aliphatic hydroxyl groups is 2. The first-order valence-electron chi connectivity index (χ1n) is 11.3. The Morgan fingerprint density at radius 2 is 2.06 bits per heavy atom. The van der Waals surface area contributed by atoms with Gasteiger partial charge in [0.2, 0.25) is 5.91 Å². The van der Waals surface area contributed by atoms with Crippen molar-refractivity contribution in [2.45, 2.75) is 52.5 Å². The van der Waals surface area contributed by atoms with E-state index in [9.17, 15) is 24.2 Å². The smallest absolute Gasteiger partial charge is 0.258 e. The minimum atomic E-state index is -2.05. The second-order valence-corrected chi connectivity index (χ2v) is 9.37. The first-order valence-corrected chi connectivity index (χ1v) is 11.3. The van der Waals surface area contributed by atoms with Crippen LogP contribution in [0.2, 0.25) is 0 Å². The molecule has 182 valence electrons. The Morgan fingerprint density at radius 3 is 2.62 bits per heavy atom.